The van der Waals surface area contributed by atoms with Crippen molar-refractivity contribution in [2.75, 3.05) is 14.1 Å². The van der Waals surface area contributed by atoms with Gasteiger partial charge in [-0.05, 0) is 44.5 Å². The number of hydrogen-bond acceptors (Lipinski definition) is 9. The number of nitrogens with two attached hydrogens (primary N) is 1. The summed E-state index contributed by atoms with van der Waals surface area (Å²) in [6.07, 6.45) is 0.508. The molecule has 4 rings (SSSR count). The lowest BCUT2D eigenvalue weighted by Crippen LogP contribution is -2.63. The number of phenolic OH excluding ortho intramolecular Hbond substituents is 1. The van der Waals surface area contributed by atoms with Crippen LogP contribution in [0.1, 0.15) is 32.7 Å². The maximum Gasteiger partial charge on any atom is 0.255 e. The molecule has 3 aliphatic rings. The van der Waals surface area contributed by atoms with Crippen molar-refractivity contribution < 1.29 is 39.6 Å². The Balaban J connectivity index is 1.99. The number of carbonyl (C=O) groups is 4. The lowest BCUT2D eigenvalue weighted by Gasteiger charge is -2.50. The normalized spacial score (nSPS) is 29.1. The van der Waals surface area contributed by atoms with Gasteiger partial charge < -0.3 is 26.2 Å². The molecular weight excluding hydrogens is 500 g/mol. The highest BCUT2D eigenvalue weighted by Gasteiger charge is 2.63. The predicted octanol–water partition coefficient (Wildman–Crippen LogP) is 0.696. The third kappa shape index (κ3) is 2.92. The summed E-state index contributed by atoms with van der Waals surface area (Å²) in [6, 6.07) is 0.326. The Morgan fingerprint density at radius 1 is 1.27 bits per heavy atom. The van der Waals surface area contributed by atoms with Gasteiger partial charge >= 0.3 is 0 Å². The van der Waals surface area contributed by atoms with Crippen LogP contribution in [0.25, 0.3) is 0 Å². The van der Waals surface area contributed by atoms with E-state index in [1.54, 1.807) is 14.1 Å². The van der Waals surface area contributed by atoms with Crippen LogP contribution >= 0.6 is 15.9 Å². The molecular formula is C22H21BrN2O8. The number of aliphatic hydroxyl groups excluding tert-OH is 2. The van der Waals surface area contributed by atoms with Crippen LogP contribution in [-0.2, 0) is 16.0 Å². The number of benzene rings is 1. The summed E-state index contributed by atoms with van der Waals surface area (Å²) in [7, 11) is 3.12. The van der Waals surface area contributed by atoms with Gasteiger partial charge in [0.25, 0.3) is 5.91 Å². The third-order valence-corrected chi connectivity index (χ3v) is 7.53. The van der Waals surface area contributed by atoms with Crippen molar-refractivity contribution >= 4 is 39.7 Å². The Hall–Kier alpha value is -3.02. The van der Waals surface area contributed by atoms with E-state index in [2.05, 4.69) is 15.9 Å². The van der Waals surface area contributed by atoms with E-state index in [-0.39, 0.29) is 29.5 Å². The van der Waals surface area contributed by atoms with Crippen molar-refractivity contribution in [1.29, 1.82) is 0 Å². The molecule has 4 atom stereocenters. The summed E-state index contributed by atoms with van der Waals surface area (Å²) in [6.45, 7) is 0. The molecule has 10 nitrogen and oxygen atoms in total. The molecule has 174 valence electrons. The van der Waals surface area contributed by atoms with E-state index in [0.29, 0.717) is 16.3 Å². The van der Waals surface area contributed by atoms with Crippen LogP contribution in [0.4, 0.5) is 0 Å². The van der Waals surface area contributed by atoms with Crippen LogP contribution in [0, 0.1) is 11.8 Å². The smallest absolute Gasteiger partial charge is 0.255 e. The largest absolute Gasteiger partial charge is 0.510 e. The number of aliphatic hydroxyl groups is 3. The number of carbonyl (C=O) groups excluding carboxylic acids is 4. The first-order valence-corrected chi connectivity index (χ1v) is 10.8. The topological polar surface area (TPSA) is 178 Å². The predicted molar refractivity (Wildman–Crippen MR) is 117 cm³/mol. The maximum absolute atomic E-state index is 13.4. The van der Waals surface area contributed by atoms with Gasteiger partial charge in [0.15, 0.2) is 17.7 Å². The molecule has 1 aromatic rings. The lowest BCUT2D eigenvalue weighted by molar-refractivity contribution is -0.148. The molecule has 0 aromatic heterocycles. The van der Waals surface area contributed by atoms with Crippen LogP contribution in [0.3, 0.4) is 0 Å². The molecule has 1 amide bonds. The number of hydrogen-bond donors (Lipinski definition) is 5. The molecule has 6 N–H and O–H groups in total. The van der Waals surface area contributed by atoms with Gasteiger partial charge in [0.1, 0.15) is 22.8 Å². The van der Waals surface area contributed by atoms with Crippen molar-refractivity contribution in [2.24, 2.45) is 17.6 Å². The molecule has 11 heteroatoms. The average molecular weight is 521 g/mol. The molecule has 0 bridgehead atoms. The van der Waals surface area contributed by atoms with Gasteiger partial charge in [-0.3, -0.25) is 24.1 Å². The minimum atomic E-state index is -2.69. The van der Waals surface area contributed by atoms with E-state index in [4.69, 9.17) is 5.73 Å². The van der Waals surface area contributed by atoms with E-state index in [0.717, 1.165) is 0 Å². The van der Waals surface area contributed by atoms with Crippen LogP contribution < -0.4 is 5.73 Å². The Morgan fingerprint density at radius 3 is 2.45 bits per heavy atom. The molecule has 0 heterocycles. The molecule has 0 unspecified atom stereocenters. The van der Waals surface area contributed by atoms with Gasteiger partial charge in [0, 0.05) is 16.0 Å². The molecule has 3 aliphatic carbocycles. The van der Waals surface area contributed by atoms with Gasteiger partial charge in [-0.2, -0.15) is 0 Å². The fourth-order valence-electron chi connectivity index (χ4n) is 5.38. The summed E-state index contributed by atoms with van der Waals surface area (Å²) in [5.74, 6) is -7.34. The maximum atomic E-state index is 13.4. The van der Waals surface area contributed by atoms with E-state index < -0.39 is 63.8 Å². The molecule has 0 aliphatic heterocycles. The number of Topliss-reactive ketones (excluding diaryl/α,β-unsaturated/α-hetero) is 2. The van der Waals surface area contributed by atoms with Crippen molar-refractivity contribution in [3.63, 3.8) is 0 Å². The number of aldehydes is 1. The highest BCUT2D eigenvalue weighted by atomic mass is 79.9. The molecule has 0 radical (unpaired) electrons. The number of fused-ring (bicyclic) bond motifs is 3. The Labute approximate surface area is 196 Å². The number of aromatic hydroxyl groups is 1. The standard InChI is InChI=1S/C22H21BrN2O8/c1-25(2)15-10-4-7-3-9-11(23)5-8(6-26)16(27)13(9)17(28)12(7)19(30)22(10,33)20(31)14(18(15)29)21(24)32/h5-7,10,15,27,29-30,33H,3-4H2,1-2H3,(H2,24,32)/t7-,10-,15-,22-/m0/s1. The Morgan fingerprint density at radius 2 is 1.91 bits per heavy atom. The second kappa shape index (κ2) is 7.51. The van der Waals surface area contributed by atoms with E-state index in [9.17, 15) is 39.6 Å². The van der Waals surface area contributed by atoms with Crippen LogP contribution in [0.15, 0.2) is 33.2 Å². The highest BCUT2D eigenvalue weighted by Crippen LogP contribution is 2.53. The molecule has 0 fully saturated rings. The first kappa shape index (κ1) is 23.1. The Kier molecular flexibility index (Phi) is 5.26. The summed E-state index contributed by atoms with van der Waals surface area (Å²) >= 11 is 3.31. The lowest BCUT2D eigenvalue weighted by atomic mass is 9.58. The van der Waals surface area contributed by atoms with Crippen LogP contribution in [0.5, 0.6) is 5.75 Å². The van der Waals surface area contributed by atoms with E-state index in [1.807, 2.05) is 0 Å². The van der Waals surface area contributed by atoms with Gasteiger partial charge in [0.05, 0.1) is 17.2 Å². The number of allylic oxidation sites excluding steroid dienone is 1. The summed E-state index contributed by atoms with van der Waals surface area (Å²) in [4.78, 5) is 51.3. The quantitative estimate of drug-likeness (QED) is 0.283. The fourth-order valence-corrected chi connectivity index (χ4v) is 5.99. The average Bonchev–Trinajstić information content (AvgIpc) is 2.72. The van der Waals surface area contributed by atoms with E-state index >= 15 is 0 Å². The first-order valence-electron chi connectivity index (χ1n) is 10.0. The number of ketones is 2. The molecule has 33 heavy (non-hydrogen) atoms. The van der Waals surface area contributed by atoms with Gasteiger partial charge in [-0.15, -0.1) is 0 Å². The van der Waals surface area contributed by atoms with Crippen molar-refractivity contribution in [1.82, 2.24) is 4.90 Å². The van der Waals surface area contributed by atoms with E-state index in [1.165, 1.54) is 11.0 Å². The number of nitrogens with zero attached hydrogens (tertiary/aromatic N) is 1. The van der Waals surface area contributed by atoms with Crippen molar-refractivity contribution in [2.45, 2.75) is 24.5 Å². The highest BCUT2D eigenvalue weighted by molar-refractivity contribution is 9.10. The number of phenols is 1. The summed E-state index contributed by atoms with van der Waals surface area (Å²) in [5, 5.41) is 43.8. The monoisotopic (exact) mass is 520 g/mol. The zero-order valence-electron chi connectivity index (χ0n) is 17.6. The second-order valence-electron chi connectivity index (χ2n) is 8.73. The third-order valence-electron chi connectivity index (χ3n) is 6.82. The van der Waals surface area contributed by atoms with Gasteiger partial charge in [-0.25, -0.2) is 0 Å². The zero-order valence-corrected chi connectivity index (χ0v) is 19.2. The molecule has 1 aromatic carbocycles. The van der Waals surface area contributed by atoms with Gasteiger partial charge in [-0.1, -0.05) is 15.9 Å². The van der Waals surface area contributed by atoms with Crippen molar-refractivity contribution in [3.8, 4) is 5.75 Å². The van der Waals surface area contributed by atoms with Crippen molar-refractivity contribution in [3.05, 3.63) is 49.9 Å². The minimum Gasteiger partial charge on any atom is -0.510 e. The molecule has 0 saturated carbocycles. The second-order valence-corrected chi connectivity index (χ2v) is 9.59. The summed E-state index contributed by atoms with van der Waals surface area (Å²) in [5.41, 5.74) is 1.50. The molecule has 0 spiro atoms. The number of rotatable bonds is 3. The van der Waals surface area contributed by atoms with Crippen LogP contribution in [-0.4, -0.2) is 74.8 Å². The van der Waals surface area contributed by atoms with Gasteiger partial charge in [0.2, 0.25) is 5.78 Å². The minimum absolute atomic E-state index is 0.00556. The Bertz CT molecular complexity index is 1220. The number of halogens is 1. The first-order chi connectivity index (χ1) is 15.4. The number of amides is 1. The summed E-state index contributed by atoms with van der Waals surface area (Å²) < 4.78 is 0.410. The molecule has 0 saturated heterocycles. The fraction of sp³-hybridized carbons (Fsp3) is 0.364. The van der Waals surface area contributed by atoms with Crippen LogP contribution in [0.2, 0.25) is 0 Å². The SMILES string of the molecule is CN(C)[C@@H]1C(O)=C(C(N)=O)C(=O)[C@@]2(O)C(O)=C3C(=O)c4c(O)c(C=O)cc(Br)c4C[C@H]3C[C@@H]12. The zero-order chi connectivity index (χ0) is 24.6. The number of primary amides is 1. The number of likely N-dealkylation sites (N-methyl/N-ethyl adjacent to an activating group) is 1.